The molecular weight excluding hydrogens is 314 g/mol. The fraction of sp³-hybridized carbons (Fsp3) is 0.294. The number of benzene rings is 2. The molecule has 20 heavy (non-hydrogen) atoms. The summed E-state index contributed by atoms with van der Waals surface area (Å²) in [5, 5.41) is 0. The van der Waals surface area contributed by atoms with Crippen LogP contribution in [-0.2, 0) is 12.8 Å². The molecule has 0 saturated heterocycles. The summed E-state index contributed by atoms with van der Waals surface area (Å²) in [7, 11) is 1.69. The van der Waals surface area contributed by atoms with Gasteiger partial charge in [-0.2, -0.15) is 0 Å². The van der Waals surface area contributed by atoms with Crippen LogP contribution in [0.2, 0.25) is 0 Å². The van der Waals surface area contributed by atoms with E-state index in [1.54, 1.807) is 7.11 Å². The van der Waals surface area contributed by atoms with Crippen molar-refractivity contribution in [3.63, 3.8) is 0 Å². The van der Waals surface area contributed by atoms with Crippen LogP contribution in [-0.4, -0.2) is 13.7 Å². The Hall–Kier alpha value is -1.32. The molecule has 0 amide bonds. The summed E-state index contributed by atoms with van der Waals surface area (Å²) in [5.41, 5.74) is 8.55. The van der Waals surface area contributed by atoms with Gasteiger partial charge in [0.25, 0.3) is 0 Å². The molecule has 1 atom stereocenters. The van der Waals surface area contributed by atoms with E-state index in [0.717, 1.165) is 23.1 Å². The molecule has 0 bridgehead atoms. The van der Waals surface area contributed by atoms with Gasteiger partial charge in [0.1, 0.15) is 5.75 Å². The lowest BCUT2D eigenvalue weighted by Crippen LogP contribution is -2.19. The maximum absolute atomic E-state index is 5.93. The molecule has 0 aliphatic carbocycles. The van der Waals surface area contributed by atoms with Crippen LogP contribution in [0.4, 0.5) is 0 Å². The maximum atomic E-state index is 5.93. The van der Waals surface area contributed by atoms with Crippen molar-refractivity contribution in [2.75, 3.05) is 13.7 Å². The first-order valence-electron chi connectivity index (χ1n) is 6.79. The Morgan fingerprint density at radius 1 is 1.05 bits per heavy atom. The van der Waals surface area contributed by atoms with Crippen molar-refractivity contribution in [2.24, 2.45) is 11.7 Å². The van der Waals surface area contributed by atoms with Crippen LogP contribution in [0, 0.1) is 5.92 Å². The van der Waals surface area contributed by atoms with Crippen LogP contribution in [0.25, 0.3) is 0 Å². The van der Waals surface area contributed by atoms with E-state index >= 15 is 0 Å². The summed E-state index contributed by atoms with van der Waals surface area (Å²) in [6, 6.07) is 16.6. The number of hydrogen-bond acceptors (Lipinski definition) is 2. The van der Waals surface area contributed by atoms with Crippen molar-refractivity contribution < 1.29 is 4.74 Å². The molecule has 2 aromatic carbocycles. The zero-order chi connectivity index (χ0) is 14.4. The summed E-state index contributed by atoms with van der Waals surface area (Å²) in [4.78, 5) is 0. The Labute approximate surface area is 129 Å². The SMILES string of the molecule is COc1ccc(CC(CN)Cc2ccccc2Br)cc1. The van der Waals surface area contributed by atoms with E-state index in [0.29, 0.717) is 12.5 Å². The molecule has 2 aromatic rings. The van der Waals surface area contributed by atoms with Gasteiger partial charge in [0, 0.05) is 4.47 Å². The quantitative estimate of drug-likeness (QED) is 0.872. The van der Waals surface area contributed by atoms with Crippen molar-refractivity contribution in [1.29, 1.82) is 0 Å². The average molecular weight is 334 g/mol. The molecule has 2 rings (SSSR count). The highest BCUT2D eigenvalue weighted by Crippen LogP contribution is 2.22. The lowest BCUT2D eigenvalue weighted by atomic mass is 9.92. The zero-order valence-electron chi connectivity index (χ0n) is 11.7. The minimum absolute atomic E-state index is 0.446. The third-order valence-corrected chi connectivity index (χ3v) is 4.26. The van der Waals surface area contributed by atoms with Gasteiger partial charge < -0.3 is 10.5 Å². The molecule has 2 nitrogen and oxygen atoms in total. The summed E-state index contributed by atoms with van der Waals surface area (Å²) in [6.07, 6.45) is 1.98. The van der Waals surface area contributed by atoms with Crippen LogP contribution in [0.15, 0.2) is 53.0 Å². The van der Waals surface area contributed by atoms with Crippen LogP contribution in [0.3, 0.4) is 0 Å². The Balaban J connectivity index is 2.03. The second-order valence-electron chi connectivity index (χ2n) is 4.95. The van der Waals surface area contributed by atoms with Crippen molar-refractivity contribution in [3.05, 3.63) is 64.1 Å². The van der Waals surface area contributed by atoms with Gasteiger partial charge in [0.2, 0.25) is 0 Å². The molecule has 0 radical (unpaired) electrons. The van der Waals surface area contributed by atoms with Gasteiger partial charge in [0.05, 0.1) is 7.11 Å². The molecule has 0 saturated carbocycles. The molecular formula is C17H20BrNO. The standard InChI is InChI=1S/C17H20BrNO/c1-20-16-8-6-13(7-9-16)10-14(12-19)11-15-4-2-3-5-17(15)18/h2-9,14H,10-12,19H2,1H3. The van der Waals surface area contributed by atoms with Gasteiger partial charge in [-0.3, -0.25) is 0 Å². The second-order valence-corrected chi connectivity index (χ2v) is 5.80. The van der Waals surface area contributed by atoms with E-state index in [1.807, 2.05) is 18.2 Å². The van der Waals surface area contributed by atoms with Crippen molar-refractivity contribution in [3.8, 4) is 5.75 Å². The lowest BCUT2D eigenvalue weighted by Gasteiger charge is -2.16. The number of rotatable bonds is 6. The van der Waals surface area contributed by atoms with E-state index in [9.17, 15) is 0 Å². The third kappa shape index (κ3) is 4.09. The van der Waals surface area contributed by atoms with Crippen LogP contribution < -0.4 is 10.5 Å². The summed E-state index contributed by atoms with van der Waals surface area (Å²) in [6.45, 7) is 0.688. The zero-order valence-corrected chi connectivity index (χ0v) is 13.3. The van der Waals surface area contributed by atoms with E-state index in [-0.39, 0.29) is 0 Å². The van der Waals surface area contributed by atoms with Crippen molar-refractivity contribution in [2.45, 2.75) is 12.8 Å². The number of halogens is 1. The van der Waals surface area contributed by atoms with Gasteiger partial charge in [0.15, 0.2) is 0 Å². The molecule has 0 aliphatic heterocycles. The van der Waals surface area contributed by atoms with Gasteiger partial charge in [-0.1, -0.05) is 46.3 Å². The fourth-order valence-electron chi connectivity index (χ4n) is 2.31. The largest absolute Gasteiger partial charge is 0.497 e. The molecule has 106 valence electrons. The first kappa shape index (κ1) is 15.1. The normalized spacial score (nSPS) is 12.2. The maximum Gasteiger partial charge on any atom is 0.118 e. The minimum atomic E-state index is 0.446. The van der Waals surface area contributed by atoms with Crippen LogP contribution in [0.1, 0.15) is 11.1 Å². The lowest BCUT2D eigenvalue weighted by molar-refractivity contribution is 0.414. The van der Waals surface area contributed by atoms with E-state index in [1.165, 1.54) is 11.1 Å². The van der Waals surface area contributed by atoms with Gasteiger partial charge in [-0.15, -0.1) is 0 Å². The predicted molar refractivity (Wildman–Crippen MR) is 87.1 cm³/mol. The highest BCUT2D eigenvalue weighted by Gasteiger charge is 2.11. The minimum Gasteiger partial charge on any atom is -0.497 e. The predicted octanol–water partition coefficient (Wildman–Crippen LogP) is 3.82. The monoisotopic (exact) mass is 333 g/mol. The van der Waals surface area contributed by atoms with E-state index in [4.69, 9.17) is 10.5 Å². The highest BCUT2D eigenvalue weighted by atomic mass is 79.9. The second kappa shape index (κ2) is 7.46. The fourth-order valence-corrected chi connectivity index (χ4v) is 2.76. The smallest absolute Gasteiger partial charge is 0.118 e. The molecule has 0 fully saturated rings. The Morgan fingerprint density at radius 2 is 1.75 bits per heavy atom. The summed E-state index contributed by atoms with van der Waals surface area (Å²) < 4.78 is 6.34. The van der Waals surface area contributed by atoms with Crippen molar-refractivity contribution in [1.82, 2.24) is 0 Å². The number of methoxy groups -OCH3 is 1. The average Bonchev–Trinajstić information content (AvgIpc) is 2.49. The molecule has 2 N–H and O–H groups in total. The topological polar surface area (TPSA) is 35.2 Å². The van der Waals surface area contributed by atoms with Gasteiger partial charge in [-0.05, 0) is 54.6 Å². The van der Waals surface area contributed by atoms with Crippen LogP contribution in [0.5, 0.6) is 5.75 Å². The summed E-state index contributed by atoms with van der Waals surface area (Å²) >= 11 is 3.60. The highest BCUT2D eigenvalue weighted by molar-refractivity contribution is 9.10. The van der Waals surface area contributed by atoms with Gasteiger partial charge >= 0.3 is 0 Å². The Kier molecular flexibility index (Phi) is 5.62. The molecule has 0 aromatic heterocycles. The molecule has 0 aliphatic rings. The van der Waals surface area contributed by atoms with E-state index in [2.05, 4.69) is 46.3 Å². The van der Waals surface area contributed by atoms with Crippen LogP contribution >= 0.6 is 15.9 Å². The first-order valence-corrected chi connectivity index (χ1v) is 7.58. The molecule has 1 unspecified atom stereocenters. The third-order valence-electron chi connectivity index (χ3n) is 3.48. The van der Waals surface area contributed by atoms with Gasteiger partial charge in [-0.25, -0.2) is 0 Å². The number of hydrogen-bond donors (Lipinski definition) is 1. The Bertz CT molecular complexity index is 539. The molecule has 0 heterocycles. The molecule has 3 heteroatoms. The Morgan fingerprint density at radius 3 is 2.35 bits per heavy atom. The van der Waals surface area contributed by atoms with Crippen molar-refractivity contribution >= 4 is 15.9 Å². The molecule has 0 spiro atoms. The van der Waals surface area contributed by atoms with E-state index < -0.39 is 0 Å². The number of nitrogens with two attached hydrogens (primary N) is 1. The number of ether oxygens (including phenoxy) is 1. The first-order chi connectivity index (χ1) is 9.72. The summed E-state index contributed by atoms with van der Waals surface area (Å²) in [5.74, 6) is 1.34.